The fraction of sp³-hybridized carbons (Fsp3) is 0.682. The number of carbonyl (C=O) groups is 1. The van der Waals surface area contributed by atoms with Crippen LogP contribution in [0.25, 0.3) is 0 Å². The molecule has 0 heterocycles. The molecule has 148 valence electrons. The molecule has 0 aliphatic heterocycles. The van der Waals surface area contributed by atoms with Gasteiger partial charge in [0, 0.05) is 17.4 Å². The van der Waals surface area contributed by atoms with Crippen molar-refractivity contribution in [3.63, 3.8) is 0 Å². The van der Waals surface area contributed by atoms with E-state index in [2.05, 4.69) is 4.94 Å². The average molecular weight is 369 g/mol. The number of carbonyl (C=O) groups excluding carboxylic acids is 1. The van der Waals surface area contributed by atoms with Crippen molar-refractivity contribution in [1.29, 1.82) is 0 Å². The third kappa shape index (κ3) is 7.84. The molecule has 0 unspecified atom stereocenters. The molecule has 2 aliphatic rings. The second kappa shape index (κ2) is 12.8. The van der Waals surface area contributed by atoms with Crippen molar-refractivity contribution in [2.45, 2.75) is 72.1 Å². The summed E-state index contributed by atoms with van der Waals surface area (Å²) >= 11 is 0. The first-order chi connectivity index (χ1) is 12.6. The number of Topliss-reactive ketones (excluding diaryl/α,β-unsaturated/α-hetero) is 1. The lowest BCUT2D eigenvalue weighted by Gasteiger charge is -2.34. The second-order valence-corrected chi connectivity index (χ2v) is 7.20. The van der Waals surface area contributed by atoms with Gasteiger partial charge < -0.3 is 0 Å². The van der Waals surface area contributed by atoms with Gasteiger partial charge in [0.2, 0.25) is 0 Å². The minimum Gasteiger partial charge on any atom is -0.300 e. The first-order valence-electron chi connectivity index (χ1n) is 10.0. The number of benzene rings is 1. The molecule has 1 aromatic carbocycles. The molecule has 3 rings (SSSR count). The van der Waals surface area contributed by atoms with E-state index < -0.39 is 0 Å². The van der Waals surface area contributed by atoms with Gasteiger partial charge >= 0.3 is 0 Å². The largest absolute Gasteiger partial charge is 0.300 e. The van der Waals surface area contributed by atoms with Crippen molar-refractivity contribution in [3.05, 3.63) is 29.8 Å². The van der Waals surface area contributed by atoms with Gasteiger partial charge in [0.05, 0.1) is 6.67 Å². The number of hydrogen-bond donors (Lipinski definition) is 0. The van der Waals surface area contributed by atoms with Crippen LogP contribution in [0.4, 0.5) is 8.92 Å². The van der Waals surface area contributed by atoms with Gasteiger partial charge in [-0.2, -0.15) is 0 Å². The Morgan fingerprint density at radius 1 is 0.923 bits per heavy atom. The highest BCUT2D eigenvalue weighted by atomic mass is 19.3. The van der Waals surface area contributed by atoms with Gasteiger partial charge in [0.15, 0.2) is 5.75 Å². The summed E-state index contributed by atoms with van der Waals surface area (Å²) < 4.78 is 23.8. The van der Waals surface area contributed by atoms with E-state index in [1.54, 1.807) is 24.3 Å². The Kier molecular flexibility index (Phi) is 11.1. The van der Waals surface area contributed by atoms with Crippen LogP contribution in [-0.4, -0.2) is 12.5 Å². The Morgan fingerprint density at radius 3 is 1.88 bits per heavy atom. The predicted molar refractivity (Wildman–Crippen MR) is 103 cm³/mol. The number of rotatable bonds is 3. The van der Waals surface area contributed by atoms with Crippen molar-refractivity contribution >= 4 is 5.78 Å². The van der Waals surface area contributed by atoms with Gasteiger partial charge in [-0.25, -0.2) is 0 Å². The highest BCUT2D eigenvalue weighted by molar-refractivity contribution is 5.79. The van der Waals surface area contributed by atoms with Gasteiger partial charge in [0.25, 0.3) is 0 Å². The summed E-state index contributed by atoms with van der Waals surface area (Å²) in [4.78, 5) is 14.6. The van der Waals surface area contributed by atoms with E-state index >= 15 is 0 Å². The second-order valence-electron chi connectivity index (χ2n) is 7.20. The molecule has 0 radical (unpaired) electrons. The Hall–Kier alpha value is -1.45. The first kappa shape index (κ1) is 22.6. The van der Waals surface area contributed by atoms with Crippen LogP contribution in [0.3, 0.4) is 0 Å². The maximum atomic E-state index is 12.5. The Bertz CT molecular complexity index is 483. The van der Waals surface area contributed by atoms with E-state index in [-0.39, 0.29) is 12.4 Å². The van der Waals surface area contributed by atoms with Crippen LogP contribution in [0.15, 0.2) is 24.3 Å². The smallest absolute Gasteiger partial charge is 0.171 e. The summed E-state index contributed by atoms with van der Waals surface area (Å²) in [5.41, 5.74) is 1.09. The molecule has 0 bridgehead atoms. The van der Waals surface area contributed by atoms with Crippen molar-refractivity contribution in [2.75, 3.05) is 6.67 Å². The molecule has 0 saturated heterocycles. The number of alkyl halides is 1. The zero-order valence-electron chi connectivity index (χ0n) is 16.5. The average Bonchev–Trinajstić information content (AvgIpc) is 2.71. The van der Waals surface area contributed by atoms with E-state index in [0.717, 1.165) is 55.9 Å². The predicted octanol–water partition coefficient (Wildman–Crippen LogP) is 6.81. The third-order valence-corrected chi connectivity index (χ3v) is 5.47. The summed E-state index contributed by atoms with van der Waals surface area (Å²) in [6, 6.07) is 6.73. The van der Waals surface area contributed by atoms with Gasteiger partial charge in [-0.05, 0) is 75.3 Å². The van der Waals surface area contributed by atoms with Crippen molar-refractivity contribution in [3.8, 4) is 5.75 Å². The lowest BCUT2D eigenvalue weighted by molar-refractivity contribution is -0.121. The summed E-state index contributed by atoms with van der Waals surface area (Å²) in [6.07, 6.45) is 8.35. The fourth-order valence-corrected chi connectivity index (χ4v) is 3.84. The number of hydrogen-bond acceptors (Lipinski definition) is 2. The summed E-state index contributed by atoms with van der Waals surface area (Å²) in [6.45, 7) is 5.80. The third-order valence-electron chi connectivity index (χ3n) is 5.47. The van der Waals surface area contributed by atoms with Crippen LogP contribution in [0.2, 0.25) is 0 Å². The zero-order valence-corrected chi connectivity index (χ0v) is 16.5. The molecule has 0 amide bonds. The standard InChI is InChI=1S/C13H21FO.C7H7FO.C2H6/c14-9-10-1-3-11(4-2-10)12-5-7-13(15)8-6-12;1-6-2-4-7(9-8)5-3-6;1-2/h10-12H,1-9H2;2-5H,1H3;1-2H3. The molecule has 26 heavy (non-hydrogen) atoms. The maximum absolute atomic E-state index is 12.5. The van der Waals surface area contributed by atoms with E-state index in [4.69, 9.17) is 0 Å². The molecular weight excluding hydrogens is 334 g/mol. The Morgan fingerprint density at radius 2 is 1.42 bits per heavy atom. The van der Waals surface area contributed by atoms with Crippen LogP contribution in [-0.2, 0) is 4.79 Å². The van der Waals surface area contributed by atoms with Crippen molar-refractivity contribution in [1.82, 2.24) is 0 Å². The monoisotopic (exact) mass is 368 g/mol. The maximum Gasteiger partial charge on any atom is 0.171 e. The molecule has 1 aromatic rings. The SMILES string of the molecule is CC.Cc1ccc(OF)cc1.O=C1CCC(C2CCC(CF)CC2)CC1. The Balaban J connectivity index is 0.000000263. The quantitative estimate of drug-likeness (QED) is 0.586. The lowest BCUT2D eigenvalue weighted by Crippen LogP contribution is -2.26. The van der Waals surface area contributed by atoms with Gasteiger partial charge in [-0.3, -0.25) is 14.1 Å². The summed E-state index contributed by atoms with van der Waals surface area (Å²) in [7, 11) is 0. The molecule has 0 N–H and O–H groups in total. The molecule has 2 aliphatic carbocycles. The summed E-state index contributed by atoms with van der Waals surface area (Å²) in [5, 5.41) is 0. The highest BCUT2D eigenvalue weighted by Crippen LogP contribution is 2.39. The topological polar surface area (TPSA) is 26.3 Å². The molecule has 0 atom stereocenters. The molecule has 2 fully saturated rings. The molecule has 2 saturated carbocycles. The molecule has 4 heteroatoms. The molecular formula is C22H34F2O2. The van der Waals surface area contributed by atoms with Gasteiger partial charge in [-0.1, -0.05) is 31.5 Å². The van der Waals surface area contributed by atoms with E-state index in [1.807, 2.05) is 20.8 Å². The number of aryl methyl sites for hydroxylation is 1. The molecule has 0 aromatic heterocycles. The normalized spacial score (nSPS) is 23.2. The van der Waals surface area contributed by atoms with Gasteiger partial charge in [-0.15, -0.1) is 0 Å². The first-order valence-corrected chi connectivity index (χ1v) is 10.0. The van der Waals surface area contributed by atoms with Crippen LogP contribution in [0.1, 0.15) is 70.8 Å². The Labute approximate surface area is 157 Å². The van der Waals surface area contributed by atoms with Crippen LogP contribution < -0.4 is 4.94 Å². The highest BCUT2D eigenvalue weighted by Gasteiger charge is 2.29. The van der Waals surface area contributed by atoms with Crippen molar-refractivity contribution in [2.24, 2.45) is 17.8 Å². The van der Waals surface area contributed by atoms with E-state index in [1.165, 1.54) is 12.8 Å². The fourth-order valence-electron chi connectivity index (χ4n) is 3.84. The lowest BCUT2D eigenvalue weighted by atomic mass is 9.71. The van der Waals surface area contributed by atoms with Crippen LogP contribution in [0, 0.1) is 24.7 Å². The minimum absolute atomic E-state index is 0.129. The van der Waals surface area contributed by atoms with Gasteiger partial charge in [0.1, 0.15) is 5.78 Å². The summed E-state index contributed by atoms with van der Waals surface area (Å²) in [5.74, 6) is 2.60. The number of halogens is 2. The number of ketones is 1. The van der Waals surface area contributed by atoms with Crippen molar-refractivity contribution < 1.29 is 18.7 Å². The zero-order chi connectivity index (χ0) is 19.4. The van der Waals surface area contributed by atoms with Crippen LogP contribution in [0.5, 0.6) is 5.75 Å². The molecule has 2 nitrogen and oxygen atoms in total. The van der Waals surface area contributed by atoms with E-state index in [9.17, 15) is 13.7 Å². The van der Waals surface area contributed by atoms with E-state index in [0.29, 0.717) is 11.7 Å². The molecule has 0 spiro atoms. The minimum atomic E-state index is -0.129. The van der Waals surface area contributed by atoms with Crippen LogP contribution >= 0.6 is 0 Å².